The molecule has 2 aliphatic heterocycles. The van der Waals surface area contributed by atoms with E-state index >= 15 is 0 Å². The van der Waals surface area contributed by atoms with Gasteiger partial charge in [-0.3, -0.25) is 14.3 Å². The number of aromatic nitrogens is 2. The van der Waals surface area contributed by atoms with Crippen molar-refractivity contribution in [2.75, 3.05) is 31.6 Å². The van der Waals surface area contributed by atoms with Crippen LogP contribution in [-0.4, -0.2) is 52.8 Å². The van der Waals surface area contributed by atoms with Crippen LogP contribution >= 0.6 is 0 Å². The lowest BCUT2D eigenvalue weighted by atomic mass is 9.73. The summed E-state index contributed by atoms with van der Waals surface area (Å²) < 4.78 is 7.27. The van der Waals surface area contributed by atoms with Gasteiger partial charge in [0.15, 0.2) is 0 Å². The summed E-state index contributed by atoms with van der Waals surface area (Å²) in [5.74, 6) is 1.70. The zero-order valence-electron chi connectivity index (χ0n) is 21.8. The van der Waals surface area contributed by atoms with Crippen molar-refractivity contribution < 1.29 is 14.3 Å². The second kappa shape index (κ2) is 9.09. The van der Waals surface area contributed by atoms with Gasteiger partial charge in [-0.25, -0.2) is 0 Å². The molecule has 2 amide bonds. The first-order valence-electron chi connectivity index (χ1n) is 13.9. The Kier molecular flexibility index (Phi) is 5.65. The fourth-order valence-electron chi connectivity index (χ4n) is 7.41. The second-order valence-corrected chi connectivity index (χ2v) is 11.7. The van der Waals surface area contributed by atoms with Crippen LogP contribution in [0.25, 0.3) is 11.1 Å². The molecule has 38 heavy (non-hydrogen) atoms. The smallest absolute Gasteiger partial charge is 0.226 e. The molecule has 7 nitrogen and oxygen atoms in total. The van der Waals surface area contributed by atoms with E-state index in [1.54, 1.807) is 4.68 Å². The summed E-state index contributed by atoms with van der Waals surface area (Å²) in [5, 5.41) is 7.35. The molecular weight excluding hydrogens is 476 g/mol. The van der Waals surface area contributed by atoms with Gasteiger partial charge in [-0.1, -0.05) is 36.4 Å². The van der Waals surface area contributed by atoms with Crippen molar-refractivity contribution in [2.24, 2.45) is 24.8 Å². The number of likely N-dealkylation sites (tertiary alicyclic amines) is 1. The first-order valence-corrected chi connectivity index (χ1v) is 13.9. The molecule has 1 N–H and O–H groups in total. The van der Waals surface area contributed by atoms with Crippen LogP contribution in [0.1, 0.15) is 42.7 Å². The lowest BCUT2D eigenvalue weighted by molar-refractivity contribution is -0.135. The predicted molar refractivity (Wildman–Crippen MR) is 144 cm³/mol. The Balaban J connectivity index is 1.00. The summed E-state index contributed by atoms with van der Waals surface area (Å²) in [5.41, 5.74) is 5.70. The highest BCUT2D eigenvalue weighted by molar-refractivity contribution is 5.91. The molecule has 3 heterocycles. The molecular formula is C31H34N4O3. The number of nitrogens with zero attached hydrogens (tertiary/aromatic N) is 3. The van der Waals surface area contributed by atoms with Crippen molar-refractivity contribution in [3.8, 4) is 11.1 Å². The van der Waals surface area contributed by atoms with Gasteiger partial charge in [0.05, 0.1) is 19.4 Å². The van der Waals surface area contributed by atoms with E-state index in [-0.39, 0.29) is 23.2 Å². The molecule has 2 saturated heterocycles. The van der Waals surface area contributed by atoms with E-state index in [9.17, 15) is 9.59 Å². The molecule has 1 saturated carbocycles. The number of piperidine rings is 1. The number of hydrogen-bond donors (Lipinski definition) is 1. The zero-order valence-corrected chi connectivity index (χ0v) is 21.8. The monoisotopic (exact) mass is 510 g/mol. The van der Waals surface area contributed by atoms with Crippen LogP contribution in [0.4, 0.5) is 5.69 Å². The van der Waals surface area contributed by atoms with Crippen molar-refractivity contribution in [2.45, 2.75) is 37.0 Å². The molecule has 2 unspecified atom stereocenters. The van der Waals surface area contributed by atoms with E-state index in [1.165, 1.54) is 11.1 Å². The van der Waals surface area contributed by atoms with Crippen molar-refractivity contribution in [1.29, 1.82) is 0 Å². The standard InChI is InChI=1S/C31H34N4O3/c1-34-17-22(16-32-34)20-6-8-23(9-7-20)33-28(36)14-21-15-31(27-5-3-2-4-24(21)27)10-12-35(13-11-31)30(37)29-25-18-38-19-26(25)29/h2-9,16-17,21,25-26,29H,10-15,18-19H2,1H3,(H,33,36)/t21?,25-,26+,29?. The minimum absolute atomic E-state index is 0.0473. The second-order valence-electron chi connectivity index (χ2n) is 11.7. The fourth-order valence-corrected chi connectivity index (χ4v) is 7.41. The lowest BCUT2D eigenvalue weighted by Gasteiger charge is -2.40. The largest absolute Gasteiger partial charge is 0.381 e. The number of amides is 2. The molecule has 4 aliphatic rings. The van der Waals surface area contributed by atoms with Crippen LogP contribution in [-0.2, 0) is 26.8 Å². The van der Waals surface area contributed by atoms with Crippen LogP contribution in [0, 0.1) is 17.8 Å². The van der Waals surface area contributed by atoms with Gasteiger partial charge in [0.2, 0.25) is 11.8 Å². The number of benzene rings is 2. The number of fused-ring (bicyclic) bond motifs is 3. The molecule has 1 aromatic heterocycles. The quantitative estimate of drug-likeness (QED) is 0.554. The van der Waals surface area contributed by atoms with Crippen molar-refractivity contribution in [3.63, 3.8) is 0 Å². The number of anilines is 1. The van der Waals surface area contributed by atoms with Crippen LogP contribution in [0.2, 0.25) is 0 Å². The van der Waals surface area contributed by atoms with Gasteiger partial charge in [-0.15, -0.1) is 0 Å². The number of carbonyl (C=O) groups is 2. The molecule has 2 aliphatic carbocycles. The van der Waals surface area contributed by atoms with Crippen LogP contribution < -0.4 is 5.32 Å². The van der Waals surface area contributed by atoms with Gasteiger partial charge in [-0.2, -0.15) is 5.10 Å². The summed E-state index contributed by atoms with van der Waals surface area (Å²) >= 11 is 0. The Hall–Kier alpha value is -3.45. The predicted octanol–water partition coefficient (Wildman–Crippen LogP) is 4.36. The summed E-state index contributed by atoms with van der Waals surface area (Å²) in [6, 6.07) is 16.6. The van der Waals surface area contributed by atoms with Gasteiger partial charge >= 0.3 is 0 Å². The summed E-state index contributed by atoms with van der Waals surface area (Å²) in [6.07, 6.45) is 7.21. The number of nitrogens with one attached hydrogen (secondary N) is 1. The number of aryl methyl sites for hydroxylation is 1. The Morgan fingerprint density at radius 2 is 1.76 bits per heavy atom. The third-order valence-corrected chi connectivity index (χ3v) is 9.52. The Morgan fingerprint density at radius 3 is 2.47 bits per heavy atom. The lowest BCUT2D eigenvalue weighted by Crippen LogP contribution is -2.45. The number of hydrogen-bond acceptors (Lipinski definition) is 4. The summed E-state index contributed by atoms with van der Waals surface area (Å²) in [4.78, 5) is 28.4. The minimum atomic E-state index is 0.0473. The van der Waals surface area contributed by atoms with E-state index in [1.807, 2.05) is 43.7 Å². The molecule has 4 atom stereocenters. The molecule has 2 aromatic carbocycles. The van der Waals surface area contributed by atoms with Crippen LogP contribution in [0.15, 0.2) is 60.9 Å². The SMILES string of the molecule is Cn1cc(-c2ccc(NC(=O)CC3CC4(CCN(C(=O)C5[C@H]6COC[C@@H]56)CC4)c4ccccc43)cc2)cn1. The third kappa shape index (κ3) is 4.04. The fraction of sp³-hybridized carbons (Fsp3) is 0.452. The highest BCUT2D eigenvalue weighted by atomic mass is 16.5. The summed E-state index contributed by atoms with van der Waals surface area (Å²) in [7, 11) is 1.90. The number of rotatable bonds is 5. The van der Waals surface area contributed by atoms with Crippen molar-refractivity contribution >= 4 is 17.5 Å². The molecule has 3 fully saturated rings. The normalized spacial score (nSPS) is 26.7. The van der Waals surface area contributed by atoms with E-state index in [0.717, 1.165) is 62.4 Å². The average molecular weight is 511 g/mol. The Bertz CT molecular complexity index is 1360. The van der Waals surface area contributed by atoms with E-state index in [4.69, 9.17) is 4.74 Å². The maximum atomic E-state index is 13.1. The van der Waals surface area contributed by atoms with Crippen LogP contribution in [0.5, 0.6) is 0 Å². The molecule has 7 heteroatoms. The van der Waals surface area contributed by atoms with E-state index in [0.29, 0.717) is 24.2 Å². The van der Waals surface area contributed by atoms with Crippen LogP contribution in [0.3, 0.4) is 0 Å². The summed E-state index contributed by atoms with van der Waals surface area (Å²) in [6.45, 7) is 3.13. The van der Waals surface area contributed by atoms with E-state index < -0.39 is 0 Å². The van der Waals surface area contributed by atoms with Gasteiger partial charge in [-0.05, 0) is 71.3 Å². The highest BCUT2D eigenvalue weighted by Crippen LogP contribution is 2.55. The molecule has 0 radical (unpaired) electrons. The first kappa shape index (κ1) is 23.7. The molecule has 196 valence electrons. The first-order chi connectivity index (χ1) is 18.5. The van der Waals surface area contributed by atoms with Crippen molar-refractivity contribution in [1.82, 2.24) is 14.7 Å². The Morgan fingerprint density at radius 1 is 1.03 bits per heavy atom. The topological polar surface area (TPSA) is 76.5 Å². The van der Waals surface area contributed by atoms with Gasteiger partial charge in [0, 0.05) is 49.9 Å². The number of ether oxygens (including phenoxy) is 1. The minimum Gasteiger partial charge on any atom is -0.381 e. The highest BCUT2D eigenvalue weighted by Gasteiger charge is 2.59. The Labute approximate surface area is 223 Å². The molecule has 7 rings (SSSR count). The zero-order chi connectivity index (χ0) is 25.9. The van der Waals surface area contributed by atoms with Gasteiger partial charge < -0.3 is 15.0 Å². The molecule has 0 bridgehead atoms. The van der Waals surface area contributed by atoms with E-state index in [2.05, 4.69) is 39.6 Å². The van der Waals surface area contributed by atoms with Crippen molar-refractivity contribution in [3.05, 3.63) is 72.1 Å². The average Bonchev–Trinajstić information content (AvgIpc) is 3.27. The molecule has 3 aromatic rings. The maximum absolute atomic E-state index is 13.1. The van der Waals surface area contributed by atoms with Gasteiger partial charge in [0.1, 0.15) is 0 Å². The third-order valence-electron chi connectivity index (χ3n) is 9.52. The number of carbonyl (C=O) groups excluding carboxylic acids is 2. The molecule has 1 spiro atoms. The van der Waals surface area contributed by atoms with Gasteiger partial charge in [0.25, 0.3) is 0 Å². The maximum Gasteiger partial charge on any atom is 0.226 e.